The van der Waals surface area contributed by atoms with Gasteiger partial charge in [-0.3, -0.25) is 4.79 Å². The van der Waals surface area contributed by atoms with Crippen LogP contribution in [0.4, 0.5) is 8.78 Å². The highest BCUT2D eigenvalue weighted by molar-refractivity contribution is 5.76. The van der Waals surface area contributed by atoms with Gasteiger partial charge in [0.2, 0.25) is 5.91 Å². The van der Waals surface area contributed by atoms with Crippen LogP contribution in [0.3, 0.4) is 0 Å². The van der Waals surface area contributed by atoms with Crippen LogP contribution in [0.15, 0.2) is 18.2 Å². The van der Waals surface area contributed by atoms with Crippen LogP contribution in [-0.4, -0.2) is 72.9 Å². The largest absolute Gasteiger partial charge is 0.390 e. The molecule has 13 atom stereocenters. The number of amides is 1. The molecule has 2 saturated heterocycles. The first-order chi connectivity index (χ1) is 24.7. The minimum atomic E-state index is -0.562. The number of fused-ring (bicyclic) bond motifs is 4. The van der Waals surface area contributed by atoms with Gasteiger partial charge in [-0.15, -0.1) is 0 Å². The lowest BCUT2D eigenvalue weighted by Crippen LogP contribution is -2.60. The van der Waals surface area contributed by atoms with Crippen molar-refractivity contribution in [1.82, 2.24) is 10.2 Å². The third-order valence-electron chi connectivity index (χ3n) is 17.3. The first-order valence-corrected chi connectivity index (χ1v) is 20.8. The van der Waals surface area contributed by atoms with Gasteiger partial charge in [-0.1, -0.05) is 34.6 Å². The van der Waals surface area contributed by atoms with Gasteiger partial charge in [0.1, 0.15) is 11.6 Å². The maximum atomic E-state index is 13.8. The third-order valence-corrected chi connectivity index (χ3v) is 17.3. The van der Waals surface area contributed by atoms with E-state index < -0.39 is 17.7 Å². The molecular formula is C43H62F2N2O5. The molecule has 9 rings (SSSR count). The van der Waals surface area contributed by atoms with E-state index in [0.717, 1.165) is 38.2 Å². The number of carbonyl (C=O) groups is 1. The summed E-state index contributed by atoms with van der Waals surface area (Å²) >= 11 is 0. The topological polar surface area (TPSA) is 80.3 Å². The van der Waals surface area contributed by atoms with Crippen molar-refractivity contribution < 1.29 is 32.9 Å². The number of nitrogens with one attached hydrogen (secondary N) is 1. The summed E-state index contributed by atoms with van der Waals surface area (Å²) in [6.07, 6.45) is 11.1. The minimum absolute atomic E-state index is 0.00249. The average Bonchev–Trinajstić information content (AvgIpc) is 4.01. The van der Waals surface area contributed by atoms with Gasteiger partial charge < -0.3 is 29.5 Å². The molecule has 288 valence electrons. The number of aliphatic hydroxyl groups excluding tert-OH is 1. The molecule has 7 unspecified atom stereocenters. The van der Waals surface area contributed by atoms with Crippen molar-refractivity contribution >= 4 is 5.91 Å². The van der Waals surface area contributed by atoms with E-state index in [-0.39, 0.29) is 52.2 Å². The molecule has 2 heterocycles. The second-order valence-electron chi connectivity index (χ2n) is 20.0. The molecule has 0 radical (unpaired) electrons. The van der Waals surface area contributed by atoms with Crippen LogP contribution in [0.5, 0.6) is 0 Å². The molecule has 1 amide bonds. The zero-order valence-corrected chi connectivity index (χ0v) is 32.1. The summed E-state index contributed by atoms with van der Waals surface area (Å²) in [5, 5.41) is 15.9. The van der Waals surface area contributed by atoms with Crippen molar-refractivity contribution in [3.8, 4) is 0 Å². The molecule has 6 aliphatic carbocycles. The summed E-state index contributed by atoms with van der Waals surface area (Å²) < 4.78 is 47.4. The number of morpholine rings is 1. The minimum Gasteiger partial charge on any atom is -0.390 e. The monoisotopic (exact) mass is 724 g/mol. The molecule has 9 heteroatoms. The summed E-state index contributed by atoms with van der Waals surface area (Å²) in [4.78, 5) is 14.9. The molecule has 8 aliphatic rings. The van der Waals surface area contributed by atoms with Crippen LogP contribution in [0.2, 0.25) is 0 Å². The summed E-state index contributed by atoms with van der Waals surface area (Å²) in [5.74, 6) is 1.47. The third kappa shape index (κ3) is 5.28. The van der Waals surface area contributed by atoms with E-state index in [4.69, 9.17) is 14.2 Å². The van der Waals surface area contributed by atoms with Gasteiger partial charge in [0, 0.05) is 37.5 Å². The predicted molar refractivity (Wildman–Crippen MR) is 193 cm³/mol. The van der Waals surface area contributed by atoms with E-state index in [2.05, 4.69) is 39.9 Å². The number of nitrogens with zero attached hydrogens (tertiary/aromatic N) is 1. The van der Waals surface area contributed by atoms with Crippen molar-refractivity contribution in [2.24, 2.45) is 56.7 Å². The predicted octanol–water partition coefficient (Wildman–Crippen LogP) is 7.24. The van der Waals surface area contributed by atoms with E-state index in [1.165, 1.54) is 44.2 Å². The first-order valence-electron chi connectivity index (χ1n) is 20.8. The second-order valence-corrected chi connectivity index (χ2v) is 20.0. The number of benzene rings is 1. The Morgan fingerprint density at radius 1 is 1.00 bits per heavy atom. The number of rotatable bonds is 8. The Balaban J connectivity index is 0.886. The standard InChI is InChI=1S/C43H62F2N2O5/c1-25-16-30(22-46-21-27-17-28(44)20-29(45)18-27)51-37-36(25)40(4)12-13-43-24-42(43)11-10-33(39(2,3)31(42)8-9-32(43)41(40,5)38(37)49)52-35-23-47(14-15-50-35)34(48)19-26-6-7-26/h17-18,20,25-26,30-33,35-38,46,49H,6-16,19,21-24H2,1-5H3/t25-,30?,31+,32?,33+,35?,36+,37?,38+,40?,41-,42?,43?/m1/s1. The summed E-state index contributed by atoms with van der Waals surface area (Å²) in [6, 6.07) is 3.65. The molecule has 6 saturated carbocycles. The molecule has 2 spiro atoms. The summed E-state index contributed by atoms with van der Waals surface area (Å²) in [6.45, 7) is 14.9. The van der Waals surface area contributed by atoms with E-state index in [1.807, 2.05) is 4.90 Å². The fourth-order valence-corrected chi connectivity index (χ4v) is 14.7. The lowest BCUT2D eigenvalue weighted by Gasteiger charge is -2.64. The summed E-state index contributed by atoms with van der Waals surface area (Å²) in [5.41, 5.74) is 0.908. The molecule has 0 bridgehead atoms. The maximum Gasteiger partial charge on any atom is 0.223 e. The molecule has 2 aliphatic heterocycles. The Morgan fingerprint density at radius 3 is 2.48 bits per heavy atom. The number of hydrogen-bond donors (Lipinski definition) is 2. The fraction of sp³-hybridized carbons (Fsp3) is 0.837. The smallest absolute Gasteiger partial charge is 0.223 e. The van der Waals surface area contributed by atoms with Gasteiger partial charge in [0.25, 0.3) is 0 Å². The van der Waals surface area contributed by atoms with Crippen molar-refractivity contribution in [1.29, 1.82) is 0 Å². The SMILES string of the molecule is C[C@@H]1CC(CNCc2cc(F)cc(F)c2)OC2[C@H]1C1(C)CCC34CC35CC[C@H](OC3CN(C(=O)CC6CC6)CCO3)C(C)(C)[C@@H]5CCC4[C@]1(C)[C@H]2O. The van der Waals surface area contributed by atoms with Crippen molar-refractivity contribution in [2.75, 3.05) is 26.2 Å². The van der Waals surface area contributed by atoms with Crippen molar-refractivity contribution in [3.63, 3.8) is 0 Å². The molecule has 7 nitrogen and oxygen atoms in total. The zero-order chi connectivity index (χ0) is 36.4. The second kappa shape index (κ2) is 12.4. The zero-order valence-electron chi connectivity index (χ0n) is 32.1. The van der Waals surface area contributed by atoms with Gasteiger partial charge in [0.05, 0.1) is 37.6 Å². The molecule has 2 N–H and O–H groups in total. The van der Waals surface area contributed by atoms with Gasteiger partial charge in [-0.05, 0) is 133 Å². The fourth-order valence-electron chi connectivity index (χ4n) is 14.7. The van der Waals surface area contributed by atoms with Crippen LogP contribution in [0, 0.1) is 68.3 Å². The Kier molecular flexibility index (Phi) is 8.61. The Morgan fingerprint density at radius 2 is 1.73 bits per heavy atom. The van der Waals surface area contributed by atoms with Gasteiger partial charge in [0.15, 0.2) is 6.29 Å². The maximum absolute atomic E-state index is 13.8. The quantitative estimate of drug-likeness (QED) is 0.295. The molecular weight excluding hydrogens is 662 g/mol. The number of ether oxygens (including phenoxy) is 3. The number of hydrogen-bond acceptors (Lipinski definition) is 6. The van der Waals surface area contributed by atoms with E-state index in [9.17, 15) is 18.7 Å². The number of aliphatic hydroxyl groups is 1. The van der Waals surface area contributed by atoms with Crippen LogP contribution < -0.4 is 5.32 Å². The van der Waals surface area contributed by atoms with Crippen molar-refractivity contribution in [3.05, 3.63) is 35.4 Å². The van der Waals surface area contributed by atoms with Crippen LogP contribution in [0.1, 0.15) is 111 Å². The molecule has 8 fully saturated rings. The highest BCUT2D eigenvalue weighted by atomic mass is 19.1. The molecule has 52 heavy (non-hydrogen) atoms. The normalized spacial score (nSPS) is 47.5. The molecule has 1 aromatic rings. The van der Waals surface area contributed by atoms with E-state index >= 15 is 0 Å². The Hall–Kier alpha value is -1.65. The van der Waals surface area contributed by atoms with Crippen LogP contribution in [0.25, 0.3) is 0 Å². The number of carbonyl (C=O) groups excluding carboxylic acids is 1. The van der Waals surface area contributed by atoms with Crippen molar-refractivity contribution in [2.45, 2.75) is 142 Å². The summed E-state index contributed by atoms with van der Waals surface area (Å²) in [7, 11) is 0. The highest BCUT2D eigenvalue weighted by Crippen LogP contribution is 2.89. The first kappa shape index (κ1) is 36.0. The van der Waals surface area contributed by atoms with Gasteiger partial charge >= 0.3 is 0 Å². The number of halogens is 2. The Bertz CT molecular complexity index is 1550. The van der Waals surface area contributed by atoms with Crippen LogP contribution >= 0.6 is 0 Å². The van der Waals surface area contributed by atoms with Gasteiger partial charge in [-0.25, -0.2) is 8.78 Å². The van der Waals surface area contributed by atoms with E-state index in [0.29, 0.717) is 79.8 Å². The average molecular weight is 725 g/mol. The van der Waals surface area contributed by atoms with E-state index in [1.54, 1.807) is 0 Å². The Labute approximate surface area is 309 Å². The molecule has 0 aromatic heterocycles. The lowest BCUT2D eigenvalue weighted by molar-refractivity contribution is -0.248. The molecule has 1 aromatic carbocycles. The van der Waals surface area contributed by atoms with Crippen LogP contribution in [-0.2, 0) is 25.5 Å². The van der Waals surface area contributed by atoms with Gasteiger partial charge in [-0.2, -0.15) is 0 Å². The lowest BCUT2D eigenvalue weighted by atomic mass is 9.41. The highest BCUT2D eigenvalue weighted by Gasteiger charge is 2.84.